The van der Waals surface area contributed by atoms with E-state index in [4.69, 9.17) is 0 Å². The van der Waals surface area contributed by atoms with Crippen molar-refractivity contribution in [1.82, 2.24) is 5.32 Å². The first kappa shape index (κ1) is 6.93. The van der Waals surface area contributed by atoms with E-state index in [2.05, 4.69) is 17.9 Å². The van der Waals surface area contributed by atoms with Crippen molar-refractivity contribution >= 4 is 18.5 Å². The lowest BCUT2D eigenvalue weighted by Gasteiger charge is -1.98. The minimum Gasteiger partial charge on any atom is -0.353 e. The van der Waals surface area contributed by atoms with Crippen molar-refractivity contribution in [2.75, 3.05) is 5.75 Å². The number of carbonyl (C=O) groups is 1. The minimum atomic E-state index is 0.146. The molecule has 1 amide bonds. The van der Waals surface area contributed by atoms with Crippen LogP contribution in [0.1, 0.15) is 19.3 Å². The zero-order valence-corrected chi connectivity index (χ0v) is 6.16. The smallest absolute Gasteiger partial charge is 0.221 e. The third-order valence-corrected chi connectivity index (χ3v) is 1.50. The fraction of sp³-hybridized carbons (Fsp3) is 0.833. The Hall–Kier alpha value is -0.180. The van der Waals surface area contributed by atoms with Crippen LogP contribution >= 0.6 is 12.6 Å². The average Bonchev–Trinajstić information content (AvgIpc) is 2.50. The minimum absolute atomic E-state index is 0.146. The Morgan fingerprint density at radius 2 is 2.33 bits per heavy atom. The van der Waals surface area contributed by atoms with Gasteiger partial charge in [0.05, 0.1) is 0 Å². The highest BCUT2D eigenvalue weighted by atomic mass is 32.1. The molecule has 52 valence electrons. The Balaban J connectivity index is 2.02. The molecule has 9 heavy (non-hydrogen) atoms. The van der Waals surface area contributed by atoms with E-state index in [1.54, 1.807) is 0 Å². The summed E-state index contributed by atoms with van der Waals surface area (Å²) in [5.74, 6) is 0.797. The van der Waals surface area contributed by atoms with Gasteiger partial charge in [0.2, 0.25) is 5.91 Å². The van der Waals surface area contributed by atoms with Crippen molar-refractivity contribution in [2.24, 2.45) is 0 Å². The first-order valence-electron chi connectivity index (χ1n) is 3.23. The van der Waals surface area contributed by atoms with Gasteiger partial charge in [-0.1, -0.05) is 0 Å². The summed E-state index contributed by atoms with van der Waals surface area (Å²) in [6.45, 7) is 0. The molecule has 0 atom stereocenters. The molecule has 0 saturated heterocycles. The summed E-state index contributed by atoms with van der Waals surface area (Å²) >= 11 is 3.94. The Kier molecular flexibility index (Phi) is 2.39. The molecule has 3 heteroatoms. The number of rotatable bonds is 3. The van der Waals surface area contributed by atoms with Crippen LogP contribution in [0, 0.1) is 0 Å². The molecule has 1 rings (SSSR count). The molecule has 1 aliphatic carbocycles. The lowest BCUT2D eigenvalue weighted by atomic mass is 10.4. The van der Waals surface area contributed by atoms with E-state index in [1.165, 1.54) is 0 Å². The topological polar surface area (TPSA) is 29.1 Å². The Morgan fingerprint density at radius 3 is 2.78 bits per heavy atom. The zero-order valence-electron chi connectivity index (χ0n) is 5.26. The van der Waals surface area contributed by atoms with Gasteiger partial charge in [0.15, 0.2) is 0 Å². The lowest BCUT2D eigenvalue weighted by Crippen LogP contribution is -2.25. The van der Waals surface area contributed by atoms with E-state index < -0.39 is 0 Å². The second-order valence-corrected chi connectivity index (χ2v) is 2.76. The summed E-state index contributed by atoms with van der Waals surface area (Å²) in [4.78, 5) is 10.7. The molecule has 0 aromatic carbocycles. The highest BCUT2D eigenvalue weighted by Gasteiger charge is 2.22. The van der Waals surface area contributed by atoms with E-state index in [0.29, 0.717) is 18.2 Å². The summed E-state index contributed by atoms with van der Waals surface area (Å²) < 4.78 is 0. The normalized spacial score (nSPS) is 17.4. The van der Waals surface area contributed by atoms with Crippen molar-refractivity contribution in [3.8, 4) is 0 Å². The highest BCUT2D eigenvalue weighted by molar-refractivity contribution is 7.80. The van der Waals surface area contributed by atoms with Crippen molar-refractivity contribution in [1.29, 1.82) is 0 Å². The monoisotopic (exact) mass is 145 g/mol. The summed E-state index contributed by atoms with van der Waals surface area (Å²) in [7, 11) is 0. The molecular weight excluding hydrogens is 134 g/mol. The Bertz CT molecular complexity index is 112. The Morgan fingerprint density at radius 1 is 1.67 bits per heavy atom. The predicted octanol–water partition coefficient (Wildman–Crippen LogP) is 0.585. The van der Waals surface area contributed by atoms with E-state index in [1.807, 2.05) is 0 Å². The summed E-state index contributed by atoms with van der Waals surface area (Å²) in [6, 6.07) is 0.498. The zero-order chi connectivity index (χ0) is 6.69. The van der Waals surface area contributed by atoms with Gasteiger partial charge in [0, 0.05) is 12.5 Å². The maximum absolute atomic E-state index is 10.7. The molecular formula is C6H11NOS. The second kappa shape index (κ2) is 3.11. The van der Waals surface area contributed by atoms with Crippen LogP contribution in [0.3, 0.4) is 0 Å². The molecule has 0 bridgehead atoms. The highest BCUT2D eigenvalue weighted by Crippen LogP contribution is 2.18. The van der Waals surface area contributed by atoms with Crippen molar-refractivity contribution < 1.29 is 4.79 Å². The standard InChI is InChI=1S/C6H11NOS/c8-6(3-4-9)7-5-1-2-5/h5,9H,1-4H2,(H,7,8). The van der Waals surface area contributed by atoms with Crippen molar-refractivity contribution in [3.63, 3.8) is 0 Å². The molecule has 0 aliphatic heterocycles. The molecule has 1 N–H and O–H groups in total. The molecule has 0 radical (unpaired) electrons. The van der Waals surface area contributed by atoms with Crippen LogP contribution in [0.15, 0.2) is 0 Å². The molecule has 0 heterocycles. The summed E-state index contributed by atoms with van der Waals surface area (Å²) in [6.07, 6.45) is 2.89. The molecule has 1 saturated carbocycles. The number of hydrogen-bond donors (Lipinski definition) is 2. The van der Waals surface area contributed by atoms with Gasteiger partial charge in [0.1, 0.15) is 0 Å². The van der Waals surface area contributed by atoms with Gasteiger partial charge >= 0.3 is 0 Å². The molecule has 0 aromatic rings. The van der Waals surface area contributed by atoms with Gasteiger partial charge < -0.3 is 5.32 Å². The van der Waals surface area contributed by atoms with Crippen LogP contribution in [-0.4, -0.2) is 17.7 Å². The van der Waals surface area contributed by atoms with Crippen LogP contribution in [0.5, 0.6) is 0 Å². The third-order valence-electron chi connectivity index (χ3n) is 1.28. The largest absolute Gasteiger partial charge is 0.353 e. The fourth-order valence-corrected chi connectivity index (χ4v) is 0.832. The van der Waals surface area contributed by atoms with Gasteiger partial charge in [-0.3, -0.25) is 4.79 Å². The van der Waals surface area contributed by atoms with Crippen molar-refractivity contribution in [2.45, 2.75) is 25.3 Å². The van der Waals surface area contributed by atoms with Gasteiger partial charge in [0.25, 0.3) is 0 Å². The summed E-state index contributed by atoms with van der Waals surface area (Å²) in [5.41, 5.74) is 0. The van der Waals surface area contributed by atoms with Crippen molar-refractivity contribution in [3.05, 3.63) is 0 Å². The van der Waals surface area contributed by atoms with Gasteiger partial charge in [-0.15, -0.1) is 0 Å². The van der Waals surface area contributed by atoms with Crippen LogP contribution < -0.4 is 5.32 Å². The maximum Gasteiger partial charge on any atom is 0.221 e. The number of carbonyl (C=O) groups excluding carboxylic acids is 1. The van der Waals surface area contributed by atoms with Gasteiger partial charge in [-0.25, -0.2) is 0 Å². The fourth-order valence-electron chi connectivity index (χ4n) is 0.629. The third kappa shape index (κ3) is 2.75. The van der Waals surface area contributed by atoms with E-state index >= 15 is 0 Å². The molecule has 1 fully saturated rings. The van der Waals surface area contributed by atoms with Crippen LogP contribution in [0.4, 0.5) is 0 Å². The average molecular weight is 145 g/mol. The maximum atomic E-state index is 10.7. The first-order valence-corrected chi connectivity index (χ1v) is 3.86. The number of nitrogens with one attached hydrogen (secondary N) is 1. The SMILES string of the molecule is O=C(CCS)NC1CC1. The van der Waals surface area contributed by atoms with Crippen LogP contribution in [-0.2, 0) is 4.79 Å². The Labute approximate surface area is 60.4 Å². The first-order chi connectivity index (χ1) is 4.33. The summed E-state index contributed by atoms with van der Waals surface area (Å²) in [5, 5.41) is 2.87. The predicted molar refractivity (Wildman–Crippen MR) is 39.6 cm³/mol. The quantitative estimate of drug-likeness (QED) is 0.559. The molecule has 2 nitrogen and oxygen atoms in total. The number of hydrogen-bond acceptors (Lipinski definition) is 2. The molecule has 0 spiro atoms. The number of thiol groups is 1. The molecule has 1 aliphatic rings. The van der Waals surface area contributed by atoms with E-state index in [0.717, 1.165) is 12.8 Å². The van der Waals surface area contributed by atoms with E-state index in [9.17, 15) is 4.79 Å². The molecule has 0 unspecified atom stereocenters. The van der Waals surface area contributed by atoms with Crippen LogP contribution in [0.2, 0.25) is 0 Å². The second-order valence-electron chi connectivity index (χ2n) is 2.32. The lowest BCUT2D eigenvalue weighted by molar-refractivity contribution is -0.120. The van der Waals surface area contributed by atoms with Crippen LogP contribution in [0.25, 0.3) is 0 Å². The molecule has 0 aromatic heterocycles. The van der Waals surface area contributed by atoms with Gasteiger partial charge in [-0.05, 0) is 18.6 Å². The number of amides is 1. The van der Waals surface area contributed by atoms with Gasteiger partial charge in [-0.2, -0.15) is 12.6 Å². The van der Waals surface area contributed by atoms with E-state index in [-0.39, 0.29) is 5.91 Å².